The van der Waals surface area contributed by atoms with Gasteiger partial charge in [0.25, 0.3) is 5.91 Å². The number of nitrogens with one attached hydrogen (secondary N) is 2. The number of amides is 3. The molecule has 5 rings (SSSR count). The van der Waals surface area contributed by atoms with Crippen molar-refractivity contribution in [1.29, 1.82) is 0 Å². The van der Waals surface area contributed by atoms with Crippen LogP contribution < -0.4 is 10.6 Å². The number of benzene rings is 2. The minimum Gasteiger partial charge on any atom is -0.322 e. The molecule has 0 bridgehead atoms. The molecule has 1 saturated carbocycles. The molecule has 172 valence electrons. The summed E-state index contributed by atoms with van der Waals surface area (Å²) < 4.78 is 0. The van der Waals surface area contributed by atoms with Gasteiger partial charge in [0.2, 0.25) is 11.8 Å². The van der Waals surface area contributed by atoms with Crippen molar-refractivity contribution in [2.45, 2.75) is 70.1 Å². The van der Waals surface area contributed by atoms with Crippen LogP contribution in [0.5, 0.6) is 0 Å². The number of carbonyl (C=O) groups excluding carboxylic acids is 3. The van der Waals surface area contributed by atoms with Gasteiger partial charge in [0.15, 0.2) is 0 Å². The van der Waals surface area contributed by atoms with Crippen LogP contribution in [0.15, 0.2) is 48.5 Å². The number of nitrogens with zero attached hydrogens (tertiary/aromatic N) is 1. The molecule has 33 heavy (non-hydrogen) atoms. The van der Waals surface area contributed by atoms with Crippen molar-refractivity contribution in [2.75, 3.05) is 0 Å². The fourth-order valence-electron chi connectivity index (χ4n) is 5.61. The molecule has 6 nitrogen and oxygen atoms in total. The van der Waals surface area contributed by atoms with Crippen LogP contribution in [-0.4, -0.2) is 34.7 Å². The summed E-state index contributed by atoms with van der Waals surface area (Å²) in [6, 6.07) is 16.7. The summed E-state index contributed by atoms with van der Waals surface area (Å²) in [5.41, 5.74) is 4.22. The fourth-order valence-corrected chi connectivity index (χ4v) is 5.61. The molecule has 1 saturated heterocycles. The minimum absolute atomic E-state index is 0.116. The van der Waals surface area contributed by atoms with Crippen LogP contribution in [0.4, 0.5) is 0 Å². The van der Waals surface area contributed by atoms with Gasteiger partial charge in [-0.15, -0.1) is 0 Å². The smallest absolute Gasteiger partial charge is 0.255 e. The van der Waals surface area contributed by atoms with E-state index in [1.807, 2.05) is 12.1 Å². The molecule has 3 atom stereocenters. The van der Waals surface area contributed by atoms with E-state index in [-0.39, 0.29) is 24.1 Å². The quantitative estimate of drug-likeness (QED) is 0.669. The second-order valence-electron chi connectivity index (χ2n) is 9.69. The molecule has 3 amide bonds. The standard InChI is InChI=1S/C27H31N3O3/c31-25-12-11-24(26(32)29-25)30-17-21-14-20(9-10-23(21)27(30)33)16-28-22-8-4-7-19(15-22)13-18-5-2-1-3-6-18/h1-3,5-6,9-10,14,19,22,24,28H,4,7-8,11-13,15-17H2,(H,29,31,32)/t19-,22+,24?/m1/s1. The van der Waals surface area contributed by atoms with Gasteiger partial charge in [-0.25, -0.2) is 0 Å². The van der Waals surface area contributed by atoms with Crippen LogP contribution in [-0.2, 0) is 29.1 Å². The largest absolute Gasteiger partial charge is 0.322 e. The minimum atomic E-state index is -0.562. The van der Waals surface area contributed by atoms with Crippen molar-refractivity contribution in [1.82, 2.24) is 15.5 Å². The first-order valence-electron chi connectivity index (χ1n) is 12.1. The average Bonchev–Trinajstić information content (AvgIpc) is 3.14. The van der Waals surface area contributed by atoms with E-state index >= 15 is 0 Å². The van der Waals surface area contributed by atoms with E-state index in [1.165, 1.54) is 31.2 Å². The number of imide groups is 1. The highest BCUT2D eigenvalue weighted by molar-refractivity contribution is 6.05. The maximum Gasteiger partial charge on any atom is 0.255 e. The first kappa shape index (κ1) is 21.8. The lowest BCUT2D eigenvalue weighted by atomic mass is 9.82. The molecule has 2 aromatic carbocycles. The predicted molar refractivity (Wildman–Crippen MR) is 125 cm³/mol. The van der Waals surface area contributed by atoms with E-state index in [0.29, 0.717) is 24.6 Å². The van der Waals surface area contributed by atoms with Gasteiger partial charge in [-0.05, 0) is 54.4 Å². The number of piperidine rings is 1. The molecule has 0 aromatic heterocycles. The number of rotatable bonds is 6. The van der Waals surface area contributed by atoms with Crippen molar-refractivity contribution < 1.29 is 14.4 Å². The molecule has 0 radical (unpaired) electrons. The van der Waals surface area contributed by atoms with E-state index in [9.17, 15) is 14.4 Å². The van der Waals surface area contributed by atoms with Gasteiger partial charge in [0.05, 0.1) is 0 Å². The molecule has 1 unspecified atom stereocenters. The maximum absolute atomic E-state index is 12.9. The Morgan fingerprint density at radius 3 is 2.64 bits per heavy atom. The molecular weight excluding hydrogens is 414 g/mol. The van der Waals surface area contributed by atoms with Crippen molar-refractivity contribution in [3.05, 3.63) is 70.8 Å². The summed E-state index contributed by atoms with van der Waals surface area (Å²) in [6.45, 7) is 1.21. The van der Waals surface area contributed by atoms with Crippen LogP contribution in [0.25, 0.3) is 0 Å². The fraction of sp³-hybridized carbons (Fsp3) is 0.444. The second-order valence-corrected chi connectivity index (χ2v) is 9.69. The predicted octanol–water partition coefficient (Wildman–Crippen LogP) is 3.34. The molecule has 1 aliphatic carbocycles. The van der Waals surface area contributed by atoms with Crippen LogP contribution in [0.1, 0.15) is 65.6 Å². The Morgan fingerprint density at radius 1 is 0.970 bits per heavy atom. The normalized spacial score (nSPS) is 25.2. The van der Waals surface area contributed by atoms with E-state index in [0.717, 1.165) is 30.0 Å². The number of hydrogen-bond acceptors (Lipinski definition) is 4. The summed E-state index contributed by atoms with van der Waals surface area (Å²) in [5, 5.41) is 6.10. The molecular formula is C27H31N3O3. The monoisotopic (exact) mass is 445 g/mol. The summed E-state index contributed by atoms with van der Waals surface area (Å²) in [7, 11) is 0. The third-order valence-electron chi connectivity index (χ3n) is 7.33. The lowest BCUT2D eigenvalue weighted by molar-refractivity contribution is -0.136. The molecule has 2 heterocycles. The Morgan fingerprint density at radius 2 is 1.82 bits per heavy atom. The Bertz CT molecular complexity index is 1050. The molecule has 3 aliphatic rings. The van der Waals surface area contributed by atoms with Crippen LogP contribution in [0.2, 0.25) is 0 Å². The summed E-state index contributed by atoms with van der Waals surface area (Å²) >= 11 is 0. The highest BCUT2D eigenvalue weighted by atomic mass is 16.2. The van der Waals surface area contributed by atoms with Gasteiger partial charge >= 0.3 is 0 Å². The van der Waals surface area contributed by atoms with E-state index in [2.05, 4.69) is 47.0 Å². The number of hydrogen-bond donors (Lipinski definition) is 2. The summed E-state index contributed by atoms with van der Waals surface area (Å²) in [5.74, 6) is -0.0208. The topological polar surface area (TPSA) is 78.5 Å². The van der Waals surface area contributed by atoms with Crippen molar-refractivity contribution in [3.63, 3.8) is 0 Å². The van der Waals surface area contributed by atoms with Crippen LogP contribution >= 0.6 is 0 Å². The van der Waals surface area contributed by atoms with Gasteiger partial charge in [0.1, 0.15) is 6.04 Å². The number of fused-ring (bicyclic) bond motifs is 1. The summed E-state index contributed by atoms with van der Waals surface area (Å²) in [4.78, 5) is 38.2. The Kier molecular flexibility index (Phi) is 6.27. The molecule has 0 spiro atoms. The highest BCUT2D eigenvalue weighted by Gasteiger charge is 2.39. The summed E-state index contributed by atoms with van der Waals surface area (Å²) in [6.07, 6.45) is 6.78. The zero-order valence-corrected chi connectivity index (χ0v) is 18.9. The lowest BCUT2D eigenvalue weighted by Gasteiger charge is -2.30. The molecule has 2 N–H and O–H groups in total. The van der Waals surface area contributed by atoms with Crippen molar-refractivity contribution >= 4 is 17.7 Å². The van der Waals surface area contributed by atoms with Crippen molar-refractivity contribution in [3.8, 4) is 0 Å². The highest BCUT2D eigenvalue weighted by Crippen LogP contribution is 2.30. The zero-order chi connectivity index (χ0) is 22.8. The van der Waals surface area contributed by atoms with Gasteiger partial charge < -0.3 is 10.2 Å². The Hall–Kier alpha value is -2.99. The van der Waals surface area contributed by atoms with Gasteiger partial charge in [0, 0.05) is 31.1 Å². The Balaban J connectivity index is 1.18. The zero-order valence-electron chi connectivity index (χ0n) is 18.9. The molecule has 6 heteroatoms. The third-order valence-corrected chi connectivity index (χ3v) is 7.33. The van der Waals surface area contributed by atoms with E-state index in [4.69, 9.17) is 0 Å². The first-order valence-corrected chi connectivity index (χ1v) is 12.1. The Labute approximate surface area is 194 Å². The third kappa shape index (κ3) is 4.86. The number of carbonyl (C=O) groups is 3. The molecule has 2 aromatic rings. The van der Waals surface area contributed by atoms with Crippen molar-refractivity contribution in [2.24, 2.45) is 5.92 Å². The molecule has 2 fully saturated rings. The first-order chi connectivity index (χ1) is 16.1. The average molecular weight is 446 g/mol. The van der Waals surface area contributed by atoms with Crippen LogP contribution in [0.3, 0.4) is 0 Å². The van der Waals surface area contributed by atoms with Gasteiger partial charge in [-0.2, -0.15) is 0 Å². The van der Waals surface area contributed by atoms with Crippen LogP contribution in [0, 0.1) is 5.92 Å². The SMILES string of the molecule is O=C1CCC(N2Cc3cc(CN[C@H]4CCC[C@H](Cc5ccccc5)C4)ccc3C2=O)C(=O)N1. The van der Waals surface area contributed by atoms with Gasteiger partial charge in [-0.3, -0.25) is 19.7 Å². The lowest BCUT2D eigenvalue weighted by Crippen LogP contribution is -2.52. The van der Waals surface area contributed by atoms with E-state index < -0.39 is 6.04 Å². The van der Waals surface area contributed by atoms with E-state index in [1.54, 1.807) is 4.90 Å². The van der Waals surface area contributed by atoms with Gasteiger partial charge in [-0.1, -0.05) is 55.3 Å². The molecule has 2 aliphatic heterocycles. The second kappa shape index (κ2) is 9.48. The maximum atomic E-state index is 12.9.